The van der Waals surface area contributed by atoms with Crippen molar-refractivity contribution in [1.29, 1.82) is 0 Å². The first-order valence-corrected chi connectivity index (χ1v) is 8.63. The Balaban J connectivity index is 2.03. The summed E-state index contributed by atoms with van der Waals surface area (Å²) >= 11 is 0. The lowest BCUT2D eigenvalue weighted by molar-refractivity contribution is -0.0503. The second-order valence-corrected chi connectivity index (χ2v) is 8.05. The van der Waals surface area contributed by atoms with E-state index in [0.29, 0.717) is 11.3 Å². The molecule has 2 aliphatic rings. The maximum Gasteiger partial charge on any atom is 0.0576 e. The van der Waals surface area contributed by atoms with E-state index in [-0.39, 0.29) is 6.10 Å². The summed E-state index contributed by atoms with van der Waals surface area (Å²) in [5, 5.41) is 10.5. The highest BCUT2D eigenvalue weighted by Crippen LogP contribution is 2.50. The number of hydrogen-bond acceptors (Lipinski definition) is 1. The van der Waals surface area contributed by atoms with E-state index in [9.17, 15) is 5.11 Å². The van der Waals surface area contributed by atoms with Gasteiger partial charge in [0.2, 0.25) is 0 Å². The van der Waals surface area contributed by atoms with Crippen LogP contribution in [0.15, 0.2) is 0 Å². The van der Waals surface area contributed by atoms with Gasteiger partial charge in [0.25, 0.3) is 0 Å². The average molecular weight is 266 g/mol. The van der Waals surface area contributed by atoms with E-state index in [4.69, 9.17) is 0 Å². The molecule has 0 aromatic carbocycles. The lowest BCUT2D eigenvalue weighted by atomic mass is 9.58. The zero-order chi connectivity index (χ0) is 14.0. The maximum absolute atomic E-state index is 10.5. The molecule has 0 aliphatic heterocycles. The summed E-state index contributed by atoms with van der Waals surface area (Å²) in [6.45, 7) is 9.52. The summed E-state index contributed by atoms with van der Waals surface area (Å²) in [5.74, 6) is 3.03. The molecular weight excluding hydrogens is 232 g/mol. The van der Waals surface area contributed by atoms with Crippen LogP contribution in [0.1, 0.15) is 79.1 Å². The number of rotatable bonds is 3. The van der Waals surface area contributed by atoms with Crippen LogP contribution >= 0.6 is 0 Å². The van der Waals surface area contributed by atoms with Crippen molar-refractivity contribution in [3.05, 3.63) is 0 Å². The number of aliphatic hydroxyl groups is 1. The fourth-order valence-electron chi connectivity index (χ4n) is 4.86. The van der Waals surface area contributed by atoms with Gasteiger partial charge in [0.05, 0.1) is 6.10 Å². The van der Waals surface area contributed by atoms with E-state index >= 15 is 0 Å². The normalized spacial score (nSPS) is 41.2. The van der Waals surface area contributed by atoms with Gasteiger partial charge in [0.15, 0.2) is 0 Å². The van der Waals surface area contributed by atoms with Gasteiger partial charge in [-0.25, -0.2) is 0 Å². The van der Waals surface area contributed by atoms with E-state index in [1.165, 1.54) is 44.9 Å². The molecule has 0 bridgehead atoms. The van der Waals surface area contributed by atoms with Gasteiger partial charge >= 0.3 is 0 Å². The van der Waals surface area contributed by atoms with Crippen LogP contribution in [-0.4, -0.2) is 11.2 Å². The Bertz CT molecular complexity index is 283. The highest BCUT2D eigenvalue weighted by molar-refractivity contribution is 4.93. The first-order chi connectivity index (χ1) is 8.95. The Morgan fingerprint density at radius 1 is 1.05 bits per heavy atom. The quantitative estimate of drug-likeness (QED) is 0.760. The van der Waals surface area contributed by atoms with E-state index in [1.54, 1.807) is 0 Å². The molecule has 0 heterocycles. The molecule has 0 saturated heterocycles. The fourth-order valence-corrected chi connectivity index (χ4v) is 4.86. The summed E-state index contributed by atoms with van der Waals surface area (Å²) in [4.78, 5) is 0. The smallest absolute Gasteiger partial charge is 0.0576 e. The Hall–Kier alpha value is -0.0400. The lowest BCUT2D eigenvalue weighted by Crippen LogP contribution is -2.44. The largest absolute Gasteiger partial charge is 0.393 e. The zero-order valence-electron chi connectivity index (χ0n) is 13.5. The van der Waals surface area contributed by atoms with Crippen molar-refractivity contribution in [1.82, 2.24) is 0 Å². The molecule has 0 amide bonds. The average Bonchev–Trinajstić information content (AvgIpc) is 2.38. The minimum atomic E-state index is -0.0549. The molecule has 2 saturated carbocycles. The minimum Gasteiger partial charge on any atom is -0.393 e. The summed E-state index contributed by atoms with van der Waals surface area (Å²) in [6, 6.07) is 0. The zero-order valence-corrected chi connectivity index (χ0v) is 13.5. The van der Waals surface area contributed by atoms with E-state index in [1.807, 2.05) is 0 Å². The molecule has 0 spiro atoms. The second-order valence-electron chi connectivity index (χ2n) is 8.05. The molecular formula is C18H34O. The monoisotopic (exact) mass is 266 g/mol. The standard InChI is InChI=1S/C18H34O/c1-5-14-7-6-8-15(12-14)18(3,4)16-10-9-13(2)11-17(16)19/h13-17,19H,5-12H2,1-4H3. The molecule has 5 atom stereocenters. The Morgan fingerprint density at radius 3 is 2.42 bits per heavy atom. The summed E-state index contributed by atoms with van der Waals surface area (Å²) < 4.78 is 0. The van der Waals surface area contributed by atoms with Crippen LogP contribution in [0, 0.1) is 29.1 Å². The minimum absolute atomic E-state index is 0.0549. The van der Waals surface area contributed by atoms with Gasteiger partial charge in [-0.3, -0.25) is 0 Å². The molecule has 0 radical (unpaired) electrons. The topological polar surface area (TPSA) is 20.2 Å². The van der Waals surface area contributed by atoms with Gasteiger partial charge in [-0.15, -0.1) is 0 Å². The van der Waals surface area contributed by atoms with Gasteiger partial charge in [-0.1, -0.05) is 53.4 Å². The van der Waals surface area contributed by atoms with Gasteiger partial charge in [-0.2, -0.15) is 0 Å². The van der Waals surface area contributed by atoms with Crippen molar-refractivity contribution in [2.24, 2.45) is 29.1 Å². The fraction of sp³-hybridized carbons (Fsp3) is 1.00. The van der Waals surface area contributed by atoms with Crippen molar-refractivity contribution >= 4 is 0 Å². The van der Waals surface area contributed by atoms with Gasteiger partial charge in [0, 0.05) is 0 Å². The van der Waals surface area contributed by atoms with Crippen LogP contribution in [0.2, 0.25) is 0 Å². The molecule has 2 aliphatic carbocycles. The van der Waals surface area contributed by atoms with Gasteiger partial charge < -0.3 is 5.11 Å². The molecule has 5 unspecified atom stereocenters. The molecule has 1 N–H and O–H groups in total. The van der Waals surface area contributed by atoms with Crippen molar-refractivity contribution in [3.63, 3.8) is 0 Å². The van der Waals surface area contributed by atoms with Crippen molar-refractivity contribution in [2.75, 3.05) is 0 Å². The third kappa shape index (κ3) is 3.35. The molecule has 2 rings (SSSR count). The molecule has 1 nitrogen and oxygen atoms in total. The Labute approximate surface area is 120 Å². The predicted octanol–water partition coefficient (Wildman–Crippen LogP) is 5.03. The summed E-state index contributed by atoms with van der Waals surface area (Å²) in [7, 11) is 0. The SMILES string of the molecule is CCC1CCCC(C(C)(C)C2CCC(C)CC2O)C1. The van der Waals surface area contributed by atoms with E-state index < -0.39 is 0 Å². The Morgan fingerprint density at radius 2 is 1.79 bits per heavy atom. The lowest BCUT2D eigenvalue weighted by Gasteiger charge is -2.48. The molecule has 19 heavy (non-hydrogen) atoms. The molecule has 1 heteroatoms. The highest BCUT2D eigenvalue weighted by Gasteiger charge is 2.43. The predicted molar refractivity (Wildman–Crippen MR) is 82.0 cm³/mol. The molecule has 0 aromatic rings. The van der Waals surface area contributed by atoms with E-state index in [2.05, 4.69) is 27.7 Å². The molecule has 0 aromatic heterocycles. The van der Waals surface area contributed by atoms with Crippen LogP contribution in [0.4, 0.5) is 0 Å². The number of hydrogen-bond donors (Lipinski definition) is 1. The first-order valence-electron chi connectivity index (χ1n) is 8.63. The van der Waals surface area contributed by atoms with Gasteiger partial charge in [0.1, 0.15) is 0 Å². The molecule has 2 fully saturated rings. The molecule has 112 valence electrons. The van der Waals surface area contributed by atoms with Crippen LogP contribution < -0.4 is 0 Å². The van der Waals surface area contributed by atoms with Gasteiger partial charge in [-0.05, 0) is 54.8 Å². The summed E-state index contributed by atoms with van der Waals surface area (Å²) in [6.07, 6.45) is 10.5. The highest BCUT2D eigenvalue weighted by atomic mass is 16.3. The second kappa shape index (κ2) is 6.16. The third-order valence-corrected chi connectivity index (χ3v) is 6.45. The van der Waals surface area contributed by atoms with E-state index in [0.717, 1.165) is 24.2 Å². The van der Waals surface area contributed by atoms with Crippen LogP contribution in [0.5, 0.6) is 0 Å². The Kier molecular flexibility index (Phi) is 4.98. The van der Waals surface area contributed by atoms with Crippen molar-refractivity contribution in [3.8, 4) is 0 Å². The van der Waals surface area contributed by atoms with Crippen molar-refractivity contribution < 1.29 is 5.11 Å². The third-order valence-electron chi connectivity index (χ3n) is 6.45. The summed E-state index contributed by atoms with van der Waals surface area (Å²) in [5.41, 5.74) is 0.327. The maximum atomic E-state index is 10.5. The first kappa shape index (κ1) is 15.4. The van der Waals surface area contributed by atoms with Crippen LogP contribution in [0.3, 0.4) is 0 Å². The number of aliphatic hydroxyl groups excluding tert-OH is 1. The van der Waals surface area contributed by atoms with Crippen molar-refractivity contribution in [2.45, 2.75) is 85.2 Å². The van der Waals surface area contributed by atoms with Crippen LogP contribution in [0.25, 0.3) is 0 Å². The van der Waals surface area contributed by atoms with Crippen LogP contribution in [-0.2, 0) is 0 Å².